The van der Waals surface area contributed by atoms with Crippen molar-refractivity contribution in [3.8, 4) is 11.8 Å². The molecule has 0 radical (unpaired) electrons. The van der Waals surface area contributed by atoms with Crippen LogP contribution in [0.4, 0.5) is 17.2 Å². The van der Waals surface area contributed by atoms with Gasteiger partial charge < -0.3 is 25.0 Å². The molecule has 0 unspecified atom stereocenters. The van der Waals surface area contributed by atoms with Crippen LogP contribution in [-0.2, 0) is 4.74 Å². The fourth-order valence-corrected chi connectivity index (χ4v) is 5.55. The molecule has 0 saturated carbocycles. The third kappa shape index (κ3) is 3.86. The van der Waals surface area contributed by atoms with Crippen LogP contribution >= 0.6 is 0 Å². The first-order valence-corrected chi connectivity index (χ1v) is 12.4. The molecule has 4 aliphatic heterocycles. The van der Waals surface area contributed by atoms with Crippen LogP contribution in [0.1, 0.15) is 48.7 Å². The van der Waals surface area contributed by atoms with Gasteiger partial charge in [-0.15, -0.1) is 0 Å². The van der Waals surface area contributed by atoms with Crippen molar-refractivity contribution in [3.05, 3.63) is 35.3 Å². The van der Waals surface area contributed by atoms with E-state index in [0.29, 0.717) is 36.6 Å². The van der Waals surface area contributed by atoms with Crippen LogP contribution in [-0.4, -0.2) is 73.4 Å². The summed E-state index contributed by atoms with van der Waals surface area (Å²) in [5.74, 6) is 1.64. The molecule has 178 valence electrons. The van der Waals surface area contributed by atoms with Crippen molar-refractivity contribution in [2.45, 2.75) is 37.8 Å². The van der Waals surface area contributed by atoms with E-state index in [4.69, 9.17) is 14.5 Å². The second-order valence-corrected chi connectivity index (χ2v) is 9.58. The van der Waals surface area contributed by atoms with E-state index in [1.54, 1.807) is 0 Å². The van der Waals surface area contributed by atoms with Gasteiger partial charge in [0.05, 0.1) is 24.5 Å². The van der Waals surface area contributed by atoms with Gasteiger partial charge in [0.15, 0.2) is 11.4 Å². The number of ether oxygens (including phenoxy) is 2. The van der Waals surface area contributed by atoms with E-state index in [2.05, 4.69) is 37.6 Å². The first-order chi connectivity index (χ1) is 16.7. The summed E-state index contributed by atoms with van der Waals surface area (Å²) in [7, 11) is 0. The van der Waals surface area contributed by atoms with Crippen molar-refractivity contribution in [2.24, 2.45) is 0 Å². The summed E-state index contributed by atoms with van der Waals surface area (Å²) in [6.07, 6.45) is 3.68. The van der Waals surface area contributed by atoms with E-state index in [9.17, 15) is 5.26 Å². The molecule has 9 nitrogen and oxygen atoms in total. The molecule has 34 heavy (non-hydrogen) atoms. The summed E-state index contributed by atoms with van der Waals surface area (Å²) in [5.41, 5.74) is 4.21. The number of piperidine rings is 1. The van der Waals surface area contributed by atoms with E-state index in [1.807, 2.05) is 19.2 Å². The Morgan fingerprint density at radius 3 is 2.65 bits per heavy atom. The molecular formula is C25H31N7O2. The predicted octanol–water partition coefficient (Wildman–Crippen LogP) is 2.53. The van der Waals surface area contributed by atoms with Gasteiger partial charge in [0.25, 0.3) is 0 Å². The second-order valence-electron chi connectivity index (χ2n) is 9.58. The first-order valence-electron chi connectivity index (χ1n) is 12.4. The van der Waals surface area contributed by atoms with Gasteiger partial charge in [-0.3, -0.25) is 4.90 Å². The maximum Gasteiger partial charge on any atom is 0.185 e. The molecule has 2 aromatic rings. The largest absolute Gasteiger partial charge is 0.481 e. The minimum absolute atomic E-state index is 0.269. The predicted molar refractivity (Wildman–Crippen MR) is 129 cm³/mol. The summed E-state index contributed by atoms with van der Waals surface area (Å²) >= 11 is 0. The van der Waals surface area contributed by atoms with E-state index in [1.165, 1.54) is 0 Å². The van der Waals surface area contributed by atoms with E-state index in [-0.39, 0.29) is 6.10 Å². The van der Waals surface area contributed by atoms with Crippen LogP contribution in [0.3, 0.4) is 0 Å². The average molecular weight is 462 g/mol. The summed E-state index contributed by atoms with van der Waals surface area (Å²) in [5, 5.41) is 16.8. The molecule has 1 atom stereocenters. The lowest BCUT2D eigenvalue weighted by molar-refractivity contribution is 0.112. The maximum absolute atomic E-state index is 9.95. The Kier molecular flexibility index (Phi) is 5.73. The first kappa shape index (κ1) is 21.6. The van der Waals surface area contributed by atoms with Gasteiger partial charge in [0.2, 0.25) is 0 Å². The molecular weight excluding hydrogens is 430 g/mol. The zero-order valence-corrected chi connectivity index (χ0v) is 19.6. The number of hydrogen-bond donors (Lipinski definition) is 2. The Balaban J connectivity index is 1.31. The highest BCUT2D eigenvalue weighted by Gasteiger charge is 2.32. The Hall–Kier alpha value is -2.93. The van der Waals surface area contributed by atoms with Crippen molar-refractivity contribution >= 4 is 17.2 Å². The zero-order chi connectivity index (χ0) is 23.1. The monoisotopic (exact) mass is 461 g/mol. The van der Waals surface area contributed by atoms with Crippen LogP contribution < -0.4 is 20.3 Å². The number of nitriles is 1. The average Bonchev–Trinajstić information content (AvgIpc) is 2.99. The smallest absolute Gasteiger partial charge is 0.185 e. The van der Waals surface area contributed by atoms with E-state index >= 15 is 0 Å². The molecule has 3 saturated heterocycles. The molecule has 6 heterocycles. The number of likely N-dealkylation sites (tertiary alicyclic amines) is 1. The number of rotatable bonds is 3. The lowest BCUT2D eigenvalue weighted by Gasteiger charge is -2.42. The topological polar surface area (TPSA) is 98.6 Å². The molecule has 9 heteroatoms. The lowest BCUT2D eigenvalue weighted by Crippen LogP contribution is -2.58. The number of fused-ring (bicyclic) bond motifs is 2. The standard InChI is InChI=1S/C25H31N7O2/c1-16-23-22(32-8-10-33-11-9-32)2-5-28-25(23)30-20-12-19(29-21(13-26)24(20)34-16)17-3-6-31(7-4-17)18-14-27-15-18/h2,5,12,16-18,27H,3-4,6-11,14-15H2,1H3,(H,28,30)/t16-/m1/s1. The highest BCUT2D eigenvalue weighted by Crippen LogP contribution is 2.44. The summed E-state index contributed by atoms with van der Waals surface area (Å²) in [6.45, 7) is 9.45. The zero-order valence-electron chi connectivity index (χ0n) is 19.6. The summed E-state index contributed by atoms with van der Waals surface area (Å²) in [6, 6.07) is 7.09. The van der Waals surface area contributed by atoms with Gasteiger partial charge in [-0.25, -0.2) is 9.97 Å². The highest BCUT2D eigenvalue weighted by molar-refractivity contribution is 5.75. The Morgan fingerprint density at radius 1 is 1.15 bits per heavy atom. The normalized spacial score (nSPS) is 23.5. The number of hydrogen-bond acceptors (Lipinski definition) is 9. The number of nitrogens with one attached hydrogen (secondary N) is 2. The van der Waals surface area contributed by atoms with Crippen LogP contribution in [0.25, 0.3) is 0 Å². The van der Waals surface area contributed by atoms with Crippen LogP contribution in [0, 0.1) is 11.3 Å². The highest BCUT2D eigenvalue weighted by atomic mass is 16.5. The minimum atomic E-state index is -0.269. The van der Waals surface area contributed by atoms with Crippen LogP contribution in [0.5, 0.6) is 5.75 Å². The van der Waals surface area contributed by atoms with Gasteiger partial charge in [-0.2, -0.15) is 5.26 Å². The fourth-order valence-electron chi connectivity index (χ4n) is 5.55. The third-order valence-corrected chi connectivity index (χ3v) is 7.60. The molecule has 6 rings (SSSR count). The molecule has 2 N–H and O–H groups in total. The third-order valence-electron chi connectivity index (χ3n) is 7.60. The molecule has 0 spiro atoms. The quantitative estimate of drug-likeness (QED) is 0.714. The molecule has 2 aromatic heterocycles. The molecule has 0 bridgehead atoms. The molecule has 0 amide bonds. The van der Waals surface area contributed by atoms with Gasteiger partial charge >= 0.3 is 0 Å². The summed E-state index contributed by atoms with van der Waals surface area (Å²) < 4.78 is 11.9. The van der Waals surface area contributed by atoms with Crippen molar-refractivity contribution in [2.75, 3.05) is 62.7 Å². The minimum Gasteiger partial charge on any atom is -0.481 e. The number of anilines is 3. The van der Waals surface area contributed by atoms with Gasteiger partial charge in [-0.1, -0.05) is 0 Å². The number of morpholine rings is 1. The van der Waals surface area contributed by atoms with Crippen molar-refractivity contribution in [1.29, 1.82) is 5.26 Å². The number of nitrogens with zero attached hydrogens (tertiary/aromatic N) is 5. The number of pyridine rings is 2. The Bertz CT molecular complexity index is 1100. The van der Waals surface area contributed by atoms with Crippen molar-refractivity contribution in [3.63, 3.8) is 0 Å². The lowest BCUT2D eigenvalue weighted by atomic mass is 9.91. The number of aromatic nitrogens is 2. The van der Waals surface area contributed by atoms with Crippen molar-refractivity contribution < 1.29 is 9.47 Å². The maximum atomic E-state index is 9.95. The van der Waals surface area contributed by atoms with Gasteiger partial charge in [0.1, 0.15) is 18.0 Å². The molecule has 0 aromatic carbocycles. The Morgan fingerprint density at radius 2 is 1.94 bits per heavy atom. The van der Waals surface area contributed by atoms with E-state index in [0.717, 1.165) is 80.6 Å². The fraction of sp³-hybridized carbons (Fsp3) is 0.560. The SMILES string of the molecule is C[C@H]1Oc2c(cc(C3CCN(C4CNC4)CC3)nc2C#N)Nc2nccc(N3CCOCC3)c21. The second kappa shape index (κ2) is 9.02. The van der Waals surface area contributed by atoms with Gasteiger partial charge in [0, 0.05) is 55.7 Å². The van der Waals surface area contributed by atoms with Gasteiger partial charge in [-0.05, 0) is 45.0 Å². The van der Waals surface area contributed by atoms with Crippen molar-refractivity contribution in [1.82, 2.24) is 20.2 Å². The Labute approximate surface area is 200 Å². The van der Waals surface area contributed by atoms with E-state index < -0.39 is 0 Å². The molecule has 4 aliphatic rings. The molecule has 3 fully saturated rings. The molecule has 0 aliphatic carbocycles. The summed E-state index contributed by atoms with van der Waals surface area (Å²) in [4.78, 5) is 14.3. The van der Waals surface area contributed by atoms with Crippen LogP contribution in [0.2, 0.25) is 0 Å². The van der Waals surface area contributed by atoms with Crippen LogP contribution in [0.15, 0.2) is 18.3 Å².